The molecule has 2 aromatic rings. The third kappa shape index (κ3) is 2.66. The largest absolute Gasteiger partial charge is 0.461 e. The van der Waals surface area contributed by atoms with Crippen LogP contribution in [0, 0.1) is 11.8 Å². The van der Waals surface area contributed by atoms with Crippen LogP contribution in [0.15, 0.2) is 24.3 Å². The second kappa shape index (κ2) is 5.61. The van der Waals surface area contributed by atoms with E-state index in [1.807, 2.05) is 18.2 Å². The molecule has 0 aliphatic heterocycles. The third-order valence-electron chi connectivity index (χ3n) is 2.42. The lowest BCUT2D eigenvalue weighted by Gasteiger charge is -1.96. The normalized spacial score (nSPS) is 9.89. The van der Waals surface area contributed by atoms with Crippen LogP contribution in [0.3, 0.4) is 0 Å². The Hall–Kier alpha value is -1.92. The molecule has 3 nitrogen and oxygen atoms in total. The number of fused-ring (bicyclic) bond motifs is 1. The van der Waals surface area contributed by atoms with E-state index in [1.54, 1.807) is 13.0 Å². The standard InChI is InChI=1S/C14H12ClNO2/c1-2-18-14(17)13-9-11-6-5-10(4-3-7-15)8-12(11)16-13/h5-6,8-9,16H,2,7H2,1H3. The summed E-state index contributed by atoms with van der Waals surface area (Å²) in [5.41, 5.74) is 2.18. The molecule has 0 saturated carbocycles. The van der Waals surface area contributed by atoms with Gasteiger partial charge in [-0.25, -0.2) is 4.79 Å². The number of carbonyl (C=O) groups is 1. The first kappa shape index (κ1) is 12.5. The summed E-state index contributed by atoms with van der Waals surface area (Å²) in [6.45, 7) is 2.14. The van der Waals surface area contributed by atoms with Crippen LogP contribution in [0.5, 0.6) is 0 Å². The second-order valence-electron chi connectivity index (χ2n) is 3.64. The molecule has 1 aromatic heterocycles. The third-order valence-corrected chi connectivity index (χ3v) is 2.55. The van der Waals surface area contributed by atoms with Gasteiger partial charge in [0.15, 0.2) is 0 Å². The Morgan fingerprint density at radius 3 is 3.00 bits per heavy atom. The SMILES string of the molecule is CCOC(=O)c1cc2ccc(C#CCCl)cc2[nH]1. The highest BCUT2D eigenvalue weighted by Gasteiger charge is 2.09. The molecule has 1 N–H and O–H groups in total. The van der Waals surface area contributed by atoms with E-state index >= 15 is 0 Å². The van der Waals surface area contributed by atoms with Crippen molar-refractivity contribution in [3.63, 3.8) is 0 Å². The van der Waals surface area contributed by atoms with Crippen LogP contribution >= 0.6 is 11.6 Å². The molecule has 0 atom stereocenters. The molecular weight excluding hydrogens is 250 g/mol. The Balaban J connectivity index is 2.36. The second-order valence-corrected chi connectivity index (χ2v) is 3.91. The number of ether oxygens (including phenoxy) is 1. The van der Waals surface area contributed by atoms with Crippen molar-refractivity contribution >= 4 is 28.5 Å². The zero-order valence-electron chi connectivity index (χ0n) is 9.92. The van der Waals surface area contributed by atoms with E-state index in [0.29, 0.717) is 18.2 Å². The molecule has 0 aliphatic carbocycles. The van der Waals surface area contributed by atoms with Crippen LogP contribution in [-0.2, 0) is 4.74 Å². The Morgan fingerprint density at radius 2 is 2.28 bits per heavy atom. The highest BCUT2D eigenvalue weighted by Crippen LogP contribution is 2.17. The van der Waals surface area contributed by atoms with E-state index in [0.717, 1.165) is 16.5 Å². The van der Waals surface area contributed by atoms with E-state index in [9.17, 15) is 4.79 Å². The number of aromatic amines is 1. The molecule has 4 heteroatoms. The number of H-pyrrole nitrogens is 1. The lowest BCUT2D eigenvalue weighted by molar-refractivity contribution is 0.0520. The summed E-state index contributed by atoms with van der Waals surface area (Å²) in [7, 11) is 0. The first-order chi connectivity index (χ1) is 8.74. The van der Waals surface area contributed by atoms with Crippen LogP contribution in [0.1, 0.15) is 23.0 Å². The highest BCUT2D eigenvalue weighted by molar-refractivity contribution is 6.19. The molecule has 0 radical (unpaired) electrons. The molecule has 0 aliphatic rings. The van der Waals surface area contributed by atoms with Gasteiger partial charge < -0.3 is 9.72 Å². The lowest BCUT2D eigenvalue weighted by atomic mass is 10.2. The Morgan fingerprint density at radius 1 is 1.44 bits per heavy atom. The summed E-state index contributed by atoms with van der Waals surface area (Å²) < 4.78 is 4.94. The van der Waals surface area contributed by atoms with E-state index in [1.165, 1.54) is 0 Å². The molecule has 1 heterocycles. The minimum Gasteiger partial charge on any atom is -0.461 e. The monoisotopic (exact) mass is 261 g/mol. The Kier molecular flexibility index (Phi) is 3.91. The quantitative estimate of drug-likeness (QED) is 0.513. The van der Waals surface area contributed by atoms with Crippen molar-refractivity contribution in [2.75, 3.05) is 12.5 Å². The molecule has 0 bridgehead atoms. The fraction of sp³-hybridized carbons (Fsp3) is 0.214. The van der Waals surface area contributed by atoms with Crippen molar-refractivity contribution < 1.29 is 9.53 Å². The van der Waals surface area contributed by atoms with E-state index < -0.39 is 0 Å². The average molecular weight is 262 g/mol. The maximum atomic E-state index is 11.6. The number of hydrogen-bond acceptors (Lipinski definition) is 2. The van der Waals surface area contributed by atoms with Gasteiger partial charge in [-0.1, -0.05) is 17.9 Å². The number of esters is 1. The zero-order valence-corrected chi connectivity index (χ0v) is 10.7. The predicted octanol–water partition coefficient (Wildman–Crippen LogP) is 2.93. The fourth-order valence-electron chi connectivity index (χ4n) is 1.66. The number of carbonyl (C=O) groups excluding carboxylic acids is 1. The van der Waals surface area contributed by atoms with E-state index in [2.05, 4.69) is 16.8 Å². The van der Waals surface area contributed by atoms with Crippen LogP contribution in [0.25, 0.3) is 10.9 Å². The molecule has 1 aromatic carbocycles. The Bertz CT molecular complexity index is 634. The predicted molar refractivity (Wildman–Crippen MR) is 71.9 cm³/mol. The van der Waals surface area contributed by atoms with Gasteiger partial charge in [0.05, 0.1) is 12.5 Å². The summed E-state index contributed by atoms with van der Waals surface area (Å²) in [4.78, 5) is 14.6. The molecule has 0 amide bonds. The molecule has 0 unspecified atom stereocenters. The van der Waals surface area contributed by atoms with Crippen molar-refractivity contribution in [1.82, 2.24) is 4.98 Å². The van der Waals surface area contributed by atoms with Crippen LogP contribution in [0.4, 0.5) is 0 Å². The Labute approximate surface area is 110 Å². The van der Waals surface area contributed by atoms with Gasteiger partial charge in [0.25, 0.3) is 0 Å². The molecular formula is C14H12ClNO2. The zero-order chi connectivity index (χ0) is 13.0. The molecule has 18 heavy (non-hydrogen) atoms. The molecule has 92 valence electrons. The molecule has 0 saturated heterocycles. The maximum Gasteiger partial charge on any atom is 0.354 e. The van der Waals surface area contributed by atoms with Gasteiger partial charge in [-0.15, -0.1) is 11.6 Å². The number of halogens is 1. The van der Waals surface area contributed by atoms with E-state index in [4.69, 9.17) is 16.3 Å². The number of aromatic nitrogens is 1. The lowest BCUT2D eigenvalue weighted by Crippen LogP contribution is -2.04. The summed E-state index contributed by atoms with van der Waals surface area (Å²) in [6.07, 6.45) is 0. The van der Waals surface area contributed by atoms with Crippen molar-refractivity contribution in [3.8, 4) is 11.8 Å². The van der Waals surface area contributed by atoms with Gasteiger partial charge in [0.1, 0.15) is 5.69 Å². The summed E-state index contributed by atoms with van der Waals surface area (Å²) in [6, 6.07) is 7.46. The van der Waals surface area contributed by atoms with Gasteiger partial charge in [-0.2, -0.15) is 0 Å². The van der Waals surface area contributed by atoms with Gasteiger partial charge in [0, 0.05) is 16.5 Å². The molecule has 0 spiro atoms. The van der Waals surface area contributed by atoms with Gasteiger partial charge in [-0.05, 0) is 25.1 Å². The van der Waals surface area contributed by atoms with Crippen molar-refractivity contribution in [1.29, 1.82) is 0 Å². The van der Waals surface area contributed by atoms with Crippen LogP contribution in [0.2, 0.25) is 0 Å². The average Bonchev–Trinajstić information content (AvgIpc) is 2.79. The topological polar surface area (TPSA) is 42.1 Å². The maximum absolute atomic E-state index is 11.6. The minimum absolute atomic E-state index is 0.302. The number of alkyl halides is 1. The summed E-state index contributed by atoms with van der Waals surface area (Å²) >= 11 is 5.51. The number of hydrogen-bond donors (Lipinski definition) is 1. The minimum atomic E-state index is -0.345. The summed E-state index contributed by atoms with van der Waals surface area (Å²) in [5, 5.41) is 0.953. The number of benzene rings is 1. The summed E-state index contributed by atoms with van der Waals surface area (Å²) in [5.74, 6) is 5.68. The molecule has 2 rings (SSSR count). The first-order valence-electron chi connectivity index (χ1n) is 5.59. The van der Waals surface area contributed by atoms with Crippen LogP contribution < -0.4 is 0 Å². The molecule has 0 fully saturated rings. The van der Waals surface area contributed by atoms with Crippen molar-refractivity contribution in [3.05, 3.63) is 35.5 Å². The van der Waals surface area contributed by atoms with Gasteiger partial charge in [-0.3, -0.25) is 0 Å². The smallest absolute Gasteiger partial charge is 0.354 e. The van der Waals surface area contributed by atoms with Crippen LogP contribution in [-0.4, -0.2) is 23.4 Å². The fourth-order valence-corrected chi connectivity index (χ4v) is 1.73. The number of rotatable bonds is 2. The van der Waals surface area contributed by atoms with Gasteiger partial charge >= 0.3 is 5.97 Å². The van der Waals surface area contributed by atoms with Gasteiger partial charge in [0.2, 0.25) is 0 Å². The van der Waals surface area contributed by atoms with E-state index in [-0.39, 0.29) is 5.97 Å². The number of nitrogens with one attached hydrogen (secondary N) is 1. The highest BCUT2D eigenvalue weighted by atomic mass is 35.5. The van der Waals surface area contributed by atoms with Crippen molar-refractivity contribution in [2.24, 2.45) is 0 Å². The van der Waals surface area contributed by atoms with Crippen molar-refractivity contribution in [2.45, 2.75) is 6.92 Å². The first-order valence-corrected chi connectivity index (χ1v) is 6.12.